The first-order valence-electron chi connectivity index (χ1n) is 8.96. The Morgan fingerprint density at radius 3 is 2.73 bits per heavy atom. The summed E-state index contributed by atoms with van der Waals surface area (Å²) in [5.74, 6) is -0.180. The van der Waals surface area contributed by atoms with Gasteiger partial charge in [-0.15, -0.1) is 0 Å². The summed E-state index contributed by atoms with van der Waals surface area (Å²) in [6.45, 7) is 2.75. The number of hydrogen-bond donors (Lipinski definition) is 1. The van der Waals surface area contributed by atoms with Crippen molar-refractivity contribution in [3.63, 3.8) is 0 Å². The highest BCUT2D eigenvalue weighted by Crippen LogP contribution is 2.12. The first-order chi connectivity index (χ1) is 12.7. The standard InChI is InChI=1S/C19H23N5O2/c1-2-3-4-8-11-20-17(25)13-23-14-21-18-16(19(23)26)12-22-24(18)15-9-6-5-7-10-15/h5-7,9-10,12,14H,2-4,8,11,13H2,1H3,(H,20,25). The molecule has 2 heterocycles. The number of para-hydroxylation sites is 1. The molecule has 0 saturated carbocycles. The summed E-state index contributed by atoms with van der Waals surface area (Å²) in [6.07, 6.45) is 7.28. The molecule has 0 unspecified atom stereocenters. The minimum Gasteiger partial charge on any atom is -0.355 e. The predicted molar refractivity (Wildman–Crippen MR) is 100 cm³/mol. The van der Waals surface area contributed by atoms with E-state index in [1.54, 1.807) is 4.68 Å². The molecular formula is C19H23N5O2. The van der Waals surface area contributed by atoms with Gasteiger partial charge in [-0.3, -0.25) is 14.2 Å². The molecule has 1 aromatic carbocycles. The molecule has 3 rings (SSSR count). The van der Waals surface area contributed by atoms with E-state index < -0.39 is 0 Å². The van der Waals surface area contributed by atoms with E-state index in [1.165, 1.54) is 23.5 Å². The maximum Gasteiger partial charge on any atom is 0.264 e. The van der Waals surface area contributed by atoms with Crippen LogP contribution in [0.25, 0.3) is 16.7 Å². The van der Waals surface area contributed by atoms with Gasteiger partial charge in [0.1, 0.15) is 18.3 Å². The van der Waals surface area contributed by atoms with Crippen LogP contribution >= 0.6 is 0 Å². The second-order valence-corrected chi connectivity index (χ2v) is 6.22. The third-order valence-corrected chi connectivity index (χ3v) is 4.22. The second-order valence-electron chi connectivity index (χ2n) is 6.22. The number of carbonyl (C=O) groups excluding carboxylic acids is 1. The zero-order chi connectivity index (χ0) is 18.4. The van der Waals surface area contributed by atoms with Crippen molar-refractivity contribution >= 4 is 16.9 Å². The Bertz CT molecular complexity index is 930. The third kappa shape index (κ3) is 3.99. The highest BCUT2D eigenvalue weighted by atomic mass is 16.2. The van der Waals surface area contributed by atoms with Crippen LogP contribution in [0.15, 0.2) is 47.7 Å². The van der Waals surface area contributed by atoms with Crippen molar-refractivity contribution in [3.05, 3.63) is 53.2 Å². The topological polar surface area (TPSA) is 81.8 Å². The summed E-state index contributed by atoms with van der Waals surface area (Å²) in [5, 5.41) is 7.51. The fraction of sp³-hybridized carbons (Fsp3) is 0.368. The number of amides is 1. The van der Waals surface area contributed by atoms with Crippen molar-refractivity contribution in [2.45, 2.75) is 39.2 Å². The summed E-state index contributed by atoms with van der Waals surface area (Å²) in [6, 6.07) is 9.50. The Morgan fingerprint density at radius 1 is 1.15 bits per heavy atom. The molecule has 136 valence electrons. The van der Waals surface area contributed by atoms with Gasteiger partial charge in [0.05, 0.1) is 11.9 Å². The lowest BCUT2D eigenvalue weighted by Gasteiger charge is -2.07. The molecule has 26 heavy (non-hydrogen) atoms. The zero-order valence-corrected chi connectivity index (χ0v) is 14.9. The molecule has 1 N–H and O–H groups in total. The second kappa shape index (κ2) is 8.42. The third-order valence-electron chi connectivity index (χ3n) is 4.22. The fourth-order valence-electron chi connectivity index (χ4n) is 2.81. The Morgan fingerprint density at radius 2 is 1.96 bits per heavy atom. The normalized spacial score (nSPS) is 11.0. The molecule has 3 aromatic rings. The zero-order valence-electron chi connectivity index (χ0n) is 14.9. The van der Waals surface area contributed by atoms with Crippen LogP contribution in [0.2, 0.25) is 0 Å². The van der Waals surface area contributed by atoms with Crippen LogP contribution in [0, 0.1) is 0 Å². The molecule has 2 aromatic heterocycles. The molecule has 1 amide bonds. The van der Waals surface area contributed by atoms with Gasteiger partial charge in [0.15, 0.2) is 5.65 Å². The van der Waals surface area contributed by atoms with Crippen LogP contribution in [0.5, 0.6) is 0 Å². The Labute approximate surface area is 151 Å². The van der Waals surface area contributed by atoms with Gasteiger partial charge in [-0.05, 0) is 18.6 Å². The van der Waals surface area contributed by atoms with E-state index in [0.717, 1.165) is 24.9 Å². The number of nitrogens with zero attached hydrogens (tertiary/aromatic N) is 4. The lowest BCUT2D eigenvalue weighted by atomic mass is 10.2. The van der Waals surface area contributed by atoms with Crippen molar-refractivity contribution in [1.29, 1.82) is 0 Å². The maximum absolute atomic E-state index is 12.6. The minimum atomic E-state index is -0.265. The molecule has 0 aliphatic rings. The smallest absolute Gasteiger partial charge is 0.264 e. The van der Waals surface area contributed by atoms with Crippen LogP contribution in [0.4, 0.5) is 0 Å². The maximum atomic E-state index is 12.6. The molecule has 0 bridgehead atoms. The quantitative estimate of drug-likeness (QED) is 0.630. The van der Waals surface area contributed by atoms with Crippen molar-refractivity contribution in [3.8, 4) is 5.69 Å². The van der Waals surface area contributed by atoms with Gasteiger partial charge in [0.25, 0.3) is 5.56 Å². The average molecular weight is 353 g/mol. The molecule has 0 spiro atoms. The van der Waals surface area contributed by atoms with Gasteiger partial charge in [-0.2, -0.15) is 5.10 Å². The summed E-state index contributed by atoms with van der Waals surface area (Å²) in [7, 11) is 0. The number of nitrogens with one attached hydrogen (secondary N) is 1. The number of rotatable bonds is 8. The number of fused-ring (bicyclic) bond motifs is 1. The number of unbranched alkanes of at least 4 members (excludes halogenated alkanes) is 3. The molecule has 0 radical (unpaired) electrons. The van der Waals surface area contributed by atoms with Crippen LogP contribution in [0.1, 0.15) is 32.6 Å². The van der Waals surface area contributed by atoms with E-state index in [9.17, 15) is 9.59 Å². The van der Waals surface area contributed by atoms with E-state index in [4.69, 9.17) is 0 Å². The Balaban J connectivity index is 1.72. The molecule has 0 aliphatic carbocycles. The summed E-state index contributed by atoms with van der Waals surface area (Å²) < 4.78 is 2.94. The molecule has 7 heteroatoms. The molecule has 7 nitrogen and oxygen atoms in total. The minimum absolute atomic E-state index is 0.0356. The van der Waals surface area contributed by atoms with Crippen LogP contribution < -0.4 is 10.9 Å². The van der Waals surface area contributed by atoms with Crippen LogP contribution in [-0.4, -0.2) is 31.8 Å². The van der Waals surface area contributed by atoms with Crippen LogP contribution in [-0.2, 0) is 11.3 Å². The van der Waals surface area contributed by atoms with E-state index in [2.05, 4.69) is 22.3 Å². The highest BCUT2D eigenvalue weighted by molar-refractivity contribution is 5.77. The molecular weight excluding hydrogens is 330 g/mol. The number of carbonyl (C=O) groups is 1. The van der Waals surface area contributed by atoms with Gasteiger partial charge in [-0.1, -0.05) is 44.4 Å². The summed E-state index contributed by atoms with van der Waals surface area (Å²) >= 11 is 0. The lowest BCUT2D eigenvalue weighted by molar-refractivity contribution is -0.121. The SMILES string of the molecule is CCCCCCNC(=O)Cn1cnc2c(cnn2-c2ccccc2)c1=O. The molecule has 0 aliphatic heterocycles. The van der Waals surface area contributed by atoms with Gasteiger partial charge in [0.2, 0.25) is 5.91 Å². The number of benzene rings is 1. The van der Waals surface area contributed by atoms with Gasteiger partial charge in [0, 0.05) is 6.54 Å². The average Bonchev–Trinajstić information content (AvgIpc) is 3.09. The monoisotopic (exact) mass is 353 g/mol. The first-order valence-corrected chi connectivity index (χ1v) is 8.96. The fourth-order valence-corrected chi connectivity index (χ4v) is 2.81. The van der Waals surface area contributed by atoms with Crippen molar-refractivity contribution < 1.29 is 4.79 Å². The van der Waals surface area contributed by atoms with Gasteiger partial charge >= 0.3 is 0 Å². The van der Waals surface area contributed by atoms with E-state index >= 15 is 0 Å². The highest BCUT2D eigenvalue weighted by Gasteiger charge is 2.12. The van der Waals surface area contributed by atoms with Crippen molar-refractivity contribution in [1.82, 2.24) is 24.6 Å². The van der Waals surface area contributed by atoms with Gasteiger partial charge in [-0.25, -0.2) is 9.67 Å². The van der Waals surface area contributed by atoms with Crippen molar-refractivity contribution in [2.75, 3.05) is 6.54 Å². The van der Waals surface area contributed by atoms with Crippen LogP contribution in [0.3, 0.4) is 0 Å². The molecule has 0 atom stereocenters. The Kier molecular flexibility index (Phi) is 5.78. The van der Waals surface area contributed by atoms with E-state index in [0.29, 0.717) is 17.6 Å². The van der Waals surface area contributed by atoms with E-state index in [1.807, 2.05) is 30.3 Å². The summed E-state index contributed by atoms with van der Waals surface area (Å²) in [4.78, 5) is 29.0. The first kappa shape index (κ1) is 17.8. The predicted octanol–water partition coefficient (Wildman–Crippen LogP) is 2.28. The van der Waals surface area contributed by atoms with Gasteiger partial charge < -0.3 is 5.32 Å². The largest absolute Gasteiger partial charge is 0.355 e. The summed E-state index contributed by atoms with van der Waals surface area (Å²) in [5.41, 5.74) is 1.05. The molecule has 0 saturated heterocycles. The van der Waals surface area contributed by atoms with Crippen molar-refractivity contribution in [2.24, 2.45) is 0 Å². The lowest BCUT2D eigenvalue weighted by Crippen LogP contribution is -2.33. The number of aromatic nitrogens is 4. The Hall–Kier alpha value is -2.96. The number of hydrogen-bond acceptors (Lipinski definition) is 4. The van der Waals surface area contributed by atoms with E-state index in [-0.39, 0.29) is 18.0 Å². The molecule has 0 fully saturated rings.